The second kappa shape index (κ2) is 10.5. The van der Waals surface area contributed by atoms with E-state index in [2.05, 4.69) is 27.3 Å². The predicted molar refractivity (Wildman–Crippen MR) is 121 cm³/mol. The molecule has 0 spiro atoms. The first-order valence-electron chi connectivity index (χ1n) is 8.70. The zero-order valence-corrected chi connectivity index (χ0v) is 18.6. The lowest BCUT2D eigenvalue weighted by atomic mass is 10.2. The lowest BCUT2D eigenvalue weighted by Gasteiger charge is -2.22. The highest BCUT2D eigenvalue weighted by Gasteiger charge is 2.09. The largest absolute Gasteiger partial charge is 0.357 e. The minimum absolute atomic E-state index is 0. The van der Waals surface area contributed by atoms with Gasteiger partial charge >= 0.3 is 0 Å². The minimum atomic E-state index is 0. The third-order valence-electron chi connectivity index (χ3n) is 4.04. The van der Waals surface area contributed by atoms with Crippen LogP contribution in [0.15, 0.2) is 53.7 Å². The van der Waals surface area contributed by atoms with Crippen molar-refractivity contribution in [3.8, 4) is 0 Å². The first kappa shape index (κ1) is 21.4. The quantitative estimate of drug-likeness (QED) is 0.320. The van der Waals surface area contributed by atoms with Crippen LogP contribution in [-0.4, -0.2) is 45.6 Å². The Morgan fingerprint density at radius 2 is 1.96 bits per heavy atom. The van der Waals surface area contributed by atoms with Crippen LogP contribution >= 0.6 is 35.6 Å². The summed E-state index contributed by atoms with van der Waals surface area (Å²) in [4.78, 5) is 6.80. The topological polar surface area (TPSA) is 57.8 Å². The lowest BCUT2D eigenvalue weighted by Crippen LogP contribution is -2.38. The van der Waals surface area contributed by atoms with Crippen LogP contribution in [0.1, 0.15) is 18.3 Å². The first-order chi connectivity index (χ1) is 12.7. The lowest BCUT2D eigenvalue weighted by molar-refractivity contribution is 0.477. The summed E-state index contributed by atoms with van der Waals surface area (Å²) in [6.07, 6.45) is 2.70. The van der Waals surface area contributed by atoms with Crippen molar-refractivity contribution < 1.29 is 0 Å². The summed E-state index contributed by atoms with van der Waals surface area (Å²) in [6, 6.07) is 13.8. The fourth-order valence-corrected chi connectivity index (χ4v) is 2.95. The summed E-state index contributed by atoms with van der Waals surface area (Å²) in [5, 5.41) is 12.5. The average Bonchev–Trinajstić information content (AvgIpc) is 3.06. The van der Waals surface area contributed by atoms with Gasteiger partial charge in [-0.05, 0) is 30.7 Å². The van der Waals surface area contributed by atoms with Crippen LogP contribution < -0.4 is 5.32 Å². The molecule has 0 bridgehead atoms. The molecule has 0 fully saturated rings. The highest BCUT2D eigenvalue weighted by atomic mass is 127. The maximum absolute atomic E-state index is 6.27. The van der Waals surface area contributed by atoms with Gasteiger partial charge < -0.3 is 10.2 Å². The fourth-order valence-electron chi connectivity index (χ4n) is 2.75. The Morgan fingerprint density at radius 3 is 2.74 bits per heavy atom. The number of aromatic nitrogens is 3. The van der Waals surface area contributed by atoms with Gasteiger partial charge in [-0.3, -0.25) is 9.39 Å². The molecule has 2 heterocycles. The van der Waals surface area contributed by atoms with Crippen molar-refractivity contribution in [3.63, 3.8) is 0 Å². The third-order valence-corrected chi connectivity index (χ3v) is 4.41. The zero-order valence-electron chi connectivity index (χ0n) is 15.5. The number of pyridine rings is 1. The number of benzene rings is 1. The van der Waals surface area contributed by atoms with Crippen LogP contribution in [0.3, 0.4) is 0 Å². The number of hydrogen-bond acceptors (Lipinski definition) is 3. The molecule has 0 atom stereocenters. The van der Waals surface area contributed by atoms with Gasteiger partial charge in [-0.15, -0.1) is 34.2 Å². The Bertz CT molecular complexity index is 895. The molecule has 27 heavy (non-hydrogen) atoms. The smallest absolute Gasteiger partial charge is 0.193 e. The Kier molecular flexibility index (Phi) is 8.30. The highest BCUT2D eigenvalue weighted by molar-refractivity contribution is 14.0. The molecule has 2 aromatic heterocycles. The number of rotatable bonds is 6. The third kappa shape index (κ3) is 5.55. The fraction of sp³-hybridized carbons (Fsp3) is 0.316. The van der Waals surface area contributed by atoms with E-state index in [-0.39, 0.29) is 24.0 Å². The van der Waals surface area contributed by atoms with E-state index in [4.69, 9.17) is 16.6 Å². The van der Waals surface area contributed by atoms with Crippen LogP contribution in [0.4, 0.5) is 0 Å². The molecule has 0 aliphatic carbocycles. The maximum Gasteiger partial charge on any atom is 0.193 e. The molecular formula is C19H24ClIN6. The maximum atomic E-state index is 6.27. The number of nitrogens with zero attached hydrogens (tertiary/aromatic N) is 5. The van der Waals surface area contributed by atoms with E-state index in [0.717, 1.165) is 41.0 Å². The van der Waals surface area contributed by atoms with E-state index in [1.807, 2.05) is 60.1 Å². The summed E-state index contributed by atoms with van der Waals surface area (Å²) in [7, 11) is 2.01. The van der Waals surface area contributed by atoms with Crippen molar-refractivity contribution in [1.29, 1.82) is 0 Å². The van der Waals surface area contributed by atoms with Gasteiger partial charge in [0.1, 0.15) is 5.82 Å². The number of halogens is 2. The predicted octanol–water partition coefficient (Wildman–Crippen LogP) is 3.64. The molecule has 0 unspecified atom stereocenters. The molecule has 0 saturated heterocycles. The van der Waals surface area contributed by atoms with Crippen molar-refractivity contribution in [2.24, 2.45) is 4.99 Å². The summed E-state index contributed by atoms with van der Waals surface area (Å²) in [5.74, 6) is 1.76. The molecule has 3 rings (SSSR count). The van der Waals surface area contributed by atoms with Gasteiger partial charge in [0, 0.05) is 44.3 Å². The highest BCUT2D eigenvalue weighted by Crippen LogP contribution is 2.16. The monoisotopic (exact) mass is 498 g/mol. The standard InChI is InChI=1S/C19H23ClN6.HI/c1-3-21-19(25(2)14-15-8-4-5-9-16(15)20)22-12-11-18-24-23-17-10-6-7-13-26(17)18;/h4-10,13H,3,11-12,14H2,1-2H3,(H,21,22);1H. The summed E-state index contributed by atoms with van der Waals surface area (Å²) in [6.45, 7) is 4.19. The van der Waals surface area contributed by atoms with Crippen molar-refractivity contribution in [1.82, 2.24) is 24.8 Å². The van der Waals surface area contributed by atoms with Crippen molar-refractivity contribution in [3.05, 3.63) is 65.1 Å². The van der Waals surface area contributed by atoms with Gasteiger partial charge in [0.2, 0.25) is 0 Å². The molecule has 1 aromatic carbocycles. The van der Waals surface area contributed by atoms with Crippen molar-refractivity contribution in [2.75, 3.05) is 20.1 Å². The normalized spacial score (nSPS) is 11.3. The Balaban J connectivity index is 0.00000261. The van der Waals surface area contributed by atoms with Crippen LogP contribution in [-0.2, 0) is 13.0 Å². The Labute approximate surface area is 181 Å². The molecule has 0 amide bonds. The van der Waals surface area contributed by atoms with Crippen LogP contribution in [0.2, 0.25) is 5.02 Å². The van der Waals surface area contributed by atoms with E-state index >= 15 is 0 Å². The number of nitrogens with one attached hydrogen (secondary N) is 1. The van der Waals surface area contributed by atoms with Crippen molar-refractivity contribution >= 4 is 47.2 Å². The Hall–Kier alpha value is -1.87. The Morgan fingerprint density at radius 1 is 1.19 bits per heavy atom. The molecule has 8 heteroatoms. The first-order valence-corrected chi connectivity index (χ1v) is 9.08. The van der Waals surface area contributed by atoms with Gasteiger partial charge in [0.25, 0.3) is 0 Å². The second-order valence-electron chi connectivity index (χ2n) is 5.98. The molecular weight excluding hydrogens is 475 g/mol. The van der Waals surface area contributed by atoms with Gasteiger partial charge in [0.15, 0.2) is 11.6 Å². The number of hydrogen-bond donors (Lipinski definition) is 1. The molecule has 0 aliphatic rings. The van der Waals surface area contributed by atoms with E-state index in [9.17, 15) is 0 Å². The van der Waals surface area contributed by atoms with E-state index in [0.29, 0.717) is 13.1 Å². The molecule has 0 saturated carbocycles. The minimum Gasteiger partial charge on any atom is -0.357 e. The number of guanidine groups is 1. The summed E-state index contributed by atoms with van der Waals surface area (Å²) in [5.41, 5.74) is 1.93. The van der Waals surface area contributed by atoms with E-state index in [1.165, 1.54) is 0 Å². The number of aliphatic imine (C=N–C) groups is 1. The van der Waals surface area contributed by atoms with Crippen LogP contribution in [0.25, 0.3) is 5.65 Å². The SMILES string of the molecule is CCNC(=NCCc1nnc2ccccn12)N(C)Cc1ccccc1Cl.I. The second-order valence-corrected chi connectivity index (χ2v) is 6.39. The average molecular weight is 499 g/mol. The molecule has 3 aromatic rings. The summed E-state index contributed by atoms with van der Waals surface area (Å²) >= 11 is 6.27. The van der Waals surface area contributed by atoms with Gasteiger partial charge in [-0.2, -0.15) is 0 Å². The van der Waals surface area contributed by atoms with E-state index in [1.54, 1.807) is 0 Å². The number of fused-ring (bicyclic) bond motifs is 1. The molecule has 144 valence electrons. The van der Waals surface area contributed by atoms with Crippen LogP contribution in [0, 0.1) is 0 Å². The van der Waals surface area contributed by atoms with E-state index < -0.39 is 0 Å². The summed E-state index contributed by atoms with van der Waals surface area (Å²) < 4.78 is 2.00. The van der Waals surface area contributed by atoms with Gasteiger partial charge in [-0.1, -0.05) is 35.9 Å². The zero-order chi connectivity index (χ0) is 18.4. The van der Waals surface area contributed by atoms with Crippen LogP contribution in [0.5, 0.6) is 0 Å². The molecule has 0 radical (unpaired) electrons. The van der Waals surface area contributed by atoms with Gasteiger partial charge in [0.05, 0.1) is 0 Å². The van der Waals surface area contributed by atoms with Gasteiger partial charge in [-0.25, -0.2) is 0 Å². The van der Waals surface area contributed by atoms with Crippen molar-refractivity contribution in [2.45, 2.75) is 19.9 Å². The molecule has 6 nitrogen and oxygen atoms in total. The molecule has 1 N–H and O–H groups in total. The molecule has 0 aliphatic heterocycles.